The third-order valence-corrected chi connectivity index (χ3v) is 1.86. The molecule has 0 aromatic carbocycles. The Hall–Kier alpha value is -2.38. The van der Waals surface area contributed by atoms with Crippen LogP contribution in [0.5, 0.6) is 0 Å². The maximum atomic E-state index is 10.7. The molecule has 0 unspecified atom stereocenters. The maximum Gasteiger partial charge on any atom is 0.298 e. The Kier molecular flexibility index (Phi) is 3.24. The molecule has 1 aromatic rings. The average molecular weight is 225 g/mol. The van der Waals surface area contributed by atoms with Gasteiger partial charge in [-0.3, -0.25) is 10.1 Å². The highest BCUT2D eigenvalue weighted by atomic mass is 16.6. The molecule has 0 bridgehead atoms. The number of rotatable bonds is 3. The van der Waals surface area contributed by atoms with Crippen molar-refractivity contribution in [1.29, 1.82) is 0 Å². The SMILES string of the molecule is CN(C)c1ccc([N+](=O)[O-])c(/C(N)=N/O)n1. The van der Waals surface area contributed by atoms with Crippen molar-refractivity contribution in [2.24, 2.45) is 10.9 Å². The summed E-state index contributed by atoms with van der Waals surface area (Å²) in [6.07, 6.45) is 0. The van der Waals surface area contributed by atoms with E-state index in [1.165, 1.54) is 12.1 Å². The number of nitro groups is 1. The van der Waals surface area contributed by atoms with Crippen molar-refractivity contribution >= 4 is 17.3 Å². The molecule has 0 amide bonds. The first-order valence-corrected chi connectivity index (χ1v) is 4.28. The third kappa shape index (κ3) is 2.16. The first-order chi connectivity index (χ1) is 7.47. The molecule has 1 rings (SSSR count). The second-order valence-electron chi connectivity index (χ2n) is 3.17. The van der Waals surface area contributed by atoms with E-state index in [9.17, 15) is 10.1 Å². The number of aromatic nitrogens is 1. The second kappa shape index (κ2) is 4.43. The molecular weight excluding hydrogens is 214 g/mol. The zero-order valence-electron chi connectivity index (χ0n) is 8.78. The summed E-state index contributed by atoms with van der Waals surface area (Å²) in [6.45, 7) is 0. The van der Waals surface area contributed by atoms with E-state index in [-0.39, 0.29) is 11.4 Å². The predicted octanol–water partition coefficient (Wildman–Crippen LogP) is 0.150. The fourth-order valence-electron chi connectivity index (χ4n) is 1.07. The lowest BCUT2D eigenvalue weighted by atomic mass is 10.2. The van der Waals surface area contributed by atoms with Gasteiger partial charge in [0.25, 0.3) is 5.69 Å². The monoisotopic (exact) mass is 225 g/mol. The molecule has 0 saturated carbocycles. The lowest BCUT2D eigenvalue weighted by Gasteiger charge is -2.11. The van der Waals surface area contributed by atoms with Gasteiger partial charge in [0.2, 0.25) is 0 Å². The Balaban J connectivity index is 3.38. The van der Waals surface area contributed by atoms with E-state index < -0.39 is 10.8 Å². The number of anilines is 1. The van der Waals surface area contributed by atoms with Crippen LogP contribution in [0.4, 0.5) is 11.5 Å². The molecule has 0 fully saturated rings. The molecule has 1 aromatic heterocycles. The van der Waals surface area contributed by atoms with Gasteiger partial charge in [0.1, 0.15) is 5.82 Å². The van der Waals surface area contributed by atoms with Gasteiger partial charge < -0.3 is 15.8 Å². The molecule has 0 aliphatic heterocycles. The summed E-state index contributed by atoms with van der Waals surface area (Å²) in [7, 11) is 3.45. The highest BCUT2D eigenvalue weighted by Gasteiger charge is 2.19. The van der Waals surface area contributed by atoms with Gasteiger partial charge in [-0.25, -0.2) is 4.98 Å². The Morgan fingerprint density at radius 1 is 1.62 bits per heavy atom. The van der Waals surface area contributed by atoms with Crippen LogP contribution in [0.1, 0.15) is 5.69 Å². The fraction of sp³-hybridized carbons (Fsp3) is 0.250. The Labute approximate surface area is 91.1 Å². The summed E-state index contributed by atoms with van der Waals surface area (Å²) in [4.78, 5) is 15.6. The van der Waals surface area contributed by atoms with Gasteiger partial charge in [0.15, 0.2) is 11.5 Å². The van der Waals surface area contributed by atoms with Gasteiger partial charge in [-0.15, -0.1) is 0 Å². The number of oxime groups is 1. The summed E-state index contributed by atoms with van der Waals surface area (Å²) < 4.78 is 0. The summed E-state index contributed by atoms with van der Waals surface area (Å²) in [6, 6.07) is 2.74. The second-order valence-corrected chi connectivity index (χ2v) is 3.17. The van der Waals surface area contributed by atoms with Crippen molar-refractivity contribution in [2.45, 2.75) is 0 Å². The summed E-state index contributed by atoms with van der Waals surface area (Å²) in [5.74, 6) is 0.0857. The summed E-state index contributed by atoms with van der Waals surface area (Å²) in [5.41, 5.74) is 4.86. The molecule has 0 aliphatic carbocycles. The Bertz CT molecular complexity index is 443. The standard InChI is InChI=1S/C8H11N5O3/c1-12(2)6-4-3-5(13(15)16)7(10-6)8(9)11-14/h3-4,14H,1-2H3,(H2,9,11). The number of pyridine rings is 1. The van der Waals surface area contributed by atoms with E-state index in [2.05, 4.69) is 10.1 Å². The highest BCUT2D eigenvalue weighted by molar-refractivity contribution is 5.99. The van der Waals surface area contributed by atoms with Crippen molar-refractivity contribution in [3.8, 4) is 0 Å². The molecule has 0 saturated heterocycles. The van der Waals surface area contributed by atoms with Crippen LogP contribution in [0.2, 0.25) is 0 Å². The quantitative estimate of drug-likeness (QED) is 0.248. The highest BCUT2D eigenvalue weighted by Crippen LogP contribution is 2.19. The Morgan fingerprint density at radius 2 is 2.25 bits per heavy atom. The lowest BCUT2D eigenvalue weighted by molar-refractivity contribution is -0.385. The molecule has 0 aliphatic rings. The Morgan fingerprint density at radius 3 is 2.69 bits per heavy atom. The minimum absolute atomic E-state index is 0.154. The minimum atomic E-state index is -0.639. The number of hydrogen-bond donors (Lipinski definition) is 2. The minimum Gasteiger partial charge on any atom is -0.409 e. The van der Waals surface area contributed by atoms with Crippen molar-refractivity contribution in [2.75, 3.05) is 19.0 Å². The fourth-order valence-corrected chi connectivity index (χ4v) is 1.07. The lowest BCUT2D eigenvalue weighted by Crippen LogP contribution is -2.19. The van der Waals surface area contributed by atoms with Gasteiger partial charge in [-0.05, 0) is 6.07 Å². The van der Waals surface area contributed by atoms with E-state index in [4.69, 9.17) is 10.9 Å². The van der Waals surface area contributed by atoms with Crippen LogP contribution < -0.4 is 10.6 Å². The molecule has 0 atom stereocenters. The average Bonchev–Trinajstić information content (AvgIpc) is 2.26. The zero-order valence-corrected chi connectivity index (χ0v) is 8.78. The van der Waals surface area contributed by atoms with E-state index in [1.807, 2.05) is 0 Å². The molecule has 16 heavy (non-hydrogen) atoms. The van der Waals surface area contributed by atoms with Gasteiger partial charge in [0, 0.05) is 20.2 Å². The largest absolute Gasteiger partial charge is 0.409 e. The number of amidine groups is 1. The van der Waals surface area contributed by atoms with Crippen molar-refractivity contribution < 1.29 is 10.1 Å². The van der Waals surface area contributed by atoms with Crippen LogP contribution in [-0.4, -0.2) is 35.0 Å². The number of nitrogens with zero attached hydrogens (tertiary/aromatic N) is 4. The molecule has 3 N–H and O–H groups in total. The normalized spacial score (nSPS) is 11.2. The van der Waals surface area contributed by atoms with Gasteiger partial charge in [-0.1, -0.05) is 5.16 Å². The first kappa shape index (κ1) is 11.7. The van der Waals surface area contributed by atoms with Crippen LogP contribution in [0, 0.1) is 10.1 Å². The van der Waals surface area contributed by atoms with Crippen LogP contribution in [0.15, 0.2) is 17.3 Å². The molecule has 8 heteroatoms. The summed E-state index contributed by atoms with van der Waals surface area (Å²) >= 11 is 0. The van der Waals surface area contributed by atoms with Crippen LogP contribution in [0.3, 0.4) is 0 Å². The van der Waals surface area contributed by atoms with Gasteiger partial charge in [0.05, 0.1) is 4.92 Å². The molecule has 1 heterocycles. The van der Waals surface area contributed by atoms with Crippen molar-refractivity contribution in [1.82, 2.24) is 4.98 Å². The number of nitrogens with two attached hydrogens (primary N) is 1. The summed E-state index contributed by atoms with van der Waals surface area (Å²) in [5, 5.41) is 21.9. The zero-order chi connectivity index (χ0) is 12.3. The number of hydrogen-bond acceptors (Lipinski definition) is 6. The van der Waals surface area contributed by atoms with Crippen molar-refractivity contribution in [3.63, 3.8) is 0 Å². The molecule has 0 spiro atoms. The topological polar surface area (TPSA) is 118 Å². The van der Waals surface area contributed by atoms with Crippen LogP contribution in [0.25, 0.3) is 0 Å². The van der Waals surface area contributed by atoms with Crippen molar-refractivity contribution in [3.05, 3.63) is 27.9 Å². The smallest absolute Gasteiger partial charge is 0.298 e. The van der Waals surface area contributed by atoms with E-state index in [0.717, 1.165) is 0 Å². The molecule has 0 radical (unpaired) electrons. The van der Waals surface area contributed by atoms with E-state index >= 15 is 0 Å². The van der Waals surface area contributed by atoms with Crippen LogP contribution >= 0.6 is 0 Å². The first-order valence-electron chi connectivity index (χ1n) is 4.28. The molecular formula is C8H11N5O3. The van der Waals surface area contributed by atoms with Gasteiger partial charge >= 0.3 is 0 Å². The van der Waals surface area contributed by atoms with Crippen LogP contribution in [-0.2, 0) is 0 Å². The molecule has 8 nitrogen and oxygen atoms in total. The predicted molar refractivity (Wildman–Crippen MR) is 57.7 cm³/mol. The third-order valence-electron chi connectivity index (χ3n) is 1.86. The molecule has 86 valence electrons. The van der Waals surface area contributed by atoms with E-state index in [0.29, 0.717) is 5.82 Å². The van der Waals surface area contributed by atoms with Gasteiger partial charge in [-0.2, -0.15) is 0 Å². The van der Waals surface area contributed by atoms with E-state index in [1.54, 1.807) is 19.0 Å². The maximum absolute atomic E-state index is 10.7.